The maximum Gasteiger partial charge on any atom is 0.367 e. The van der Waals surface area contributed by atoms with Crippen LogP contribution in [-0.2, 0) is 36.3 Å². The van der Waals surface area contributed by atoms with Gasteiger partial charge in [-0.2, -0.15) is 0 Å². The Balaban J connectivity index is 1.50. The highest BCUT2D eigenvalue weighted by Gasteiger charge is 2.39. The topological polar surface area (TPSA) is 116 Å². The number of nitrogens with zero attached hydrogens (tertiary/aromatic N) is 2. The highest BCUT2D eigenvalue weighted by molar-refractivity contribution is 7.53. The number of hydrogen-bond donors (Lipinski definition) is 1. The Morgan fingerprint density at radius 1 is 1.07 bits per heavy atom. The number of ketones is 1. The second-order valence-electron chi connectivity index (χ2n) is 9.72. The van der Waals surface area contributed by atoms with Crippen molar-refractivity contribution in [1.82, 2.24) is 14.8 Å². The van der Waals surface area contributed by atoms with Crippen LogP contribution in [0, 0.1) is 0 Å². The molecule has 2 heterocycles. The molecule has 0 saturated carbocycles. The minimum atomic E-state index is -3.45. The smallest absolute Gasteiger partial charge is 0.367 e. The zero-order valence-corrected chi connectivity index (χ0v) is 24.3. The number of likely N-dealkylation sites (tertiary alicyclic amines) is 1. The number of aromatic nitrogens is 1. The lowest BCUT2D eigenvalue weighted by Gasteiger charge is -2.24. The van der Waals surface area contributed by atoms with E-state index in [-0.39, 0.29) is 51.4 Å². The van der Waals surface area contributed by atoms with Crippen molar-refractivity contribution in [2.75, 3.05) is 26.1 Å². The van der Waals surface area contributed by atoms with Gasteiger partial charge in [0.2, 0.25) is 11.8 Å². The average molecular weight is 588 g/mol. The van der Waals surface area contributed by atoms with E-state index in [0.717, 1.165) is 5.56 Å². The maximum absolute atomic E-state index is 14.4. The zero-order valence-electron chi connectivity index (χ0n) is 23.4. The van der Waals surface area contributed by atoms with Gasteiger partial charge in [-0.1, -0.05) is 30.3 Å². The lowest BCUT2D eigenvalue weighted by atomic mass is 10.1. The molecule has 0 radical (unpaired) electrons. The van der Waals surface area contributed by atoms with Gasteiger partial charge in [0.05, 0.1) is 19.8 Å². The largest absolute Gasteiger partial charge is 0.481 e. The van der Waals surface area contributed by atoms with Crippen molar-refractivity contribution >= 4 is 36.1 Å². The van der Waals surface area contributed by atoms with Crippen molar-refractivity contribution in [3.05, 3.63) is 65.9 Å². The molecule has 1 N–H and O–H groups in total. The van der Waals surface area contributed by atoms with Gasteiger partial charge in [-0.25, -0.2) is 4.39 Å². The van der Waals surface area contributed by atoms with Gasteiger partial charge in [0.15, 0.2) is 12.1 Å². The summed E-state index contributed by atoms with van der Waals surface area (Å²) in [6.07, 6.45) is -0.134. The Morgan fingerprint density at radius 3 is 2.44 bits per heavy atom. The average Bonchev–Trinajstić information content (AvgIpc) is 3.52. The molecule has 3 aromatic rings. The molecule has 0 bridgehead atoms. The highest BCUT2D eigenvalue weighted by atomic mass is 31.2. The van der Waals surface area contributed by atoms with Gasteiger partial charge in [-0.05, 0) is 44.5 Å². The SMILES string of the molecule is CCOP(=O)(COc1ccc2c(c1)c(C(C)=O)cn2CC(=O)N1C[C@H](F)C[C@H]1C(=O)NCc1ccccc1)OCC. The van der Waals surface area contributed by atoms with Crippen LogP contribution in [0.5, 0.6) is 5.75 Å². The summed E-state index contributed by atoms with van der Waals surface area (Å²) in [6.45, 7) is 5.11. The monoisotopic (exact) mass is 587 g/mol. The van der Waals surface area contributed by atoms with Crippen molar-refractivity contribution in [1.29, 1.82) is 0 Å². The summed E-state index contributed by atoms with van der Waals surface area (Å²) >= 11 is 0. The number of alkyl halides is 1. The molecule has 1 fully saturated rings. The molecule has 0 unspecified atom stereocenters. The van der Waals surface area contributed by atoms with E-state index in [1.807, 2.05) is 30.3 Å². The lowest BCUT2D eigenvalue weighted by molar-refractivity contribution is -0.139. The Hall–Kier alpha value is -3.53. The minimum absolute atomic E-state index is 0.0778. The summed E-state index contributed by atoms with van der Waals surface area (Å²) in [7, 11) is -3.45. The fourth-order valence-electron chi connectivity index (χ4n) is 4.88. The summed E-state index contributed by atoms with van der Waals surface area (Å²) in [5.74, 6) is -0.733. The molecule has 10 nitrogen and oxygen atoms in total. The fraction of sp³-hybridized carbons (Fsp3) is 0.414. The molecular weight excluding hydrogens is 552 g/mol. The third kappa shape index (κ3) is 7.41. The number of halogens is 1. The number of amides is 2. The van der Waals surface area contributed by atoms with Gasteiger partial charge in [-0.3, -0.25) is 18.9 Å². The number of ether oxygens (including phenoxy) is 1. The number of nitrogens with one attached hydrogen (secondary N) is 1. The second kappa shape index (κ2) is 13.4. The van der Waals surface area contributed by atoms with E-state index in [0.29, 0.717) is 22.2 Å². The molecule has 1 aliphatic rings. The summed E-state index contributed by atoms with van der Waals surface area (Å²) in [6, 6.07) is 13.3. The van der Waals surface area contributed by atoms with Crippen LogP contribution in [0.1, 0.15) is 43.1 Å². The third-order valence-corrected chi connectivity index (χ3v) is 8.51. The van der Waals surface area contributed by atoms with Crippen molar-refractivity contribution in [3.63, 3.8) is 0 Å². The molecule has 41 heavy (non-hydrogen) atoms. The minimum Gasteiger partial charge on any atom is -0.481 e. The van der Waals surface area contributed by atoms with Crippen LogP contribution >= 0.6 is 7.60 Å². The van der Waals surface area contributed by atoms with Crippen LogP contribution < -0.4 is 10.1 Å². The molecule has 2 aromatic carbocycles. The van der Waals surface area contributed by atoms with Crippen molar-refractivity contribution in [2.24, 2.45) is 0 Å². The Kier molecular flexibility index (Phi) is 9.96. The van der Waals surface area contributed by atoms with Crippen LogP contribution in [0.4, 0.5) is 4.39 Å². The molecule has 1 aromatic heterocycles. The van der Waals surface area contributed by atoms with Crippen LogP contribution in [0.25, 0.3) is 10.9 Å². The molecule has 12 heteroatoms. The van der Waals surface area contributed by atoms with Gasteiger partial charge >= 0.3 is 7.60 Å². The van der Waals surface area contributed by atoms with Crippen molar-refractivity contribution in [3.8, 4) is 5.75 Å². The number of benzene rings is 2. The van der Waals surface area contributed by atoms with E-state index >= 15 is 0 Å². The standard InChI is InChI=1S/C29H35FN3O7P/c1-4-39-41(37,40-5-2)19-38-23-11-12-26-24(14-23)25(20(3)34)17-32(26)18-28(35)33-16-22(30)13-27(33)29(36)31-15-21-9-7-6-8-10-21/h6-12,14,17,22,27H,4-5,13,15-16,18-19H2,1-3H3,(H,31,36)/t22-,27+/m1/s1. The predicted molar refractivity (Wildman–Crippen MR) is 152 cm³/mol. The van der Waals surface area contributed by atoms with Gasteiger partial charge in [-0.15, -0.1) is 0 Å². The molecule has 4 rings (SSSR count). The van der Waals surface area contributed by atoms with E-state index in [1.54, 1.807) is 42.8 Å². The number of Topliss-reactive ketones (excluding diaryl/α,β-unsaturated/α-hetero) is 1. The Bertz CT molecular complexity index is 1430. The van der Waals surface area contributed by atoms with Crippen LogP contribution in [-0.4, -0.2) is 65.4 Å². The molecule has 1 saturated heterocycles. The number of fused-ring (bicyclic) bond motifs is 1. The maximum atomic E-state index is 14.4. The van der Waals surface area contributed by atoms with Gasteiger partial charge in [0, 0.05) is 35.6 Å². The first-order valence-corrected chi connectivity index (χ1v) is 15.3. The normalized spacial score (nSPS) is 17.1. The van der Waals surface area contributed by atoms with Crippen molar-refractivity contribution in [2.45, 2.75) is 52.5 Å². The van der Waals surface area contributed by atoms with E-state index in [4.69, 9.17) is 13.8 Å². The number of carbonyl (C=O) groups is 3. The second-order valence-corrected chi connectivity index (χ2v) is 11.7. The predicted octanol–water partition coefficient (Wildman–Crippen LogP) is 4.70. The Morgan fingerprint density at radius 2 is 1.78 bits per heavy atom. The first-order valence-electron chi connectivity index (χ1n) is 13.5. The van der Waals surface area contributed by atoms with E-state index in [2.05, 4.69) is 5.32 Å². The molecule has 1 aliphatic heterocycles. The number of rotatable bonds is 13. The van der Waals surface area contributed by atoms with E-state index in [1.165, 1.54) is 11.8 Å². The van der Waals surface area contributed by atoms with Gasteiger partial charge in [0.1, 0.15) is 24.5 Å². The zero-order chi connectivity index (χ0) is 29.6. The highest BCUT2D eigenvalue weighted by Crippen LogP contribution is 2.48. The van der Waals surface area contributed by atoms with Crippen LogP contribution in [0.15, 0.2) is 54.7 Å². The lowest BCUT2D eigenvalue weighted by Crippen LogP contribution is -2.46. The molecular formula is C29H35FN3O7P. The number of carbonyl (C=O) groups excluding carboxylic acids is 3. The molecule has 2 amide bonds. The quantitative estimate of drug-likeness (QED) is 0.228. The first kappa shape index (κ1) is 30.4. The summed E-state index contributed by atoms with van der Waals surface area (Å²) in [4.78, 5) is 40.0. The van der Waals surface area contributed by atoms with E-state index in [9.17, 15) is 23.3 Å². The summed E-state index contributed by atoms with van der Waals surface area (Å²) in [5, 5.41) is 3.34. The third-order valence-electron chi connectivity index (χ3n) is 6.76. The number of hydrogen-bond acceptors (Lipinski definition) is 7. The molecule has 220 valence electrons. The van der Waals surface area contributed by atoms with Gasteiger partial charge in [0.25, 0.3) is 0 Å². The fourth-order valence-corrected chi connectivity index (χ4v) is 6.20. The summed E-state index contributed by atoms with van der Waals surface area (Å²) in [5.41, 5.74) is 1.83. The van der Waals surface area contributed by atoms with Crippen molar-refractivity contribution < 1.29 is 37.1 Å². The van der Waals surface area contributed by atoms with Gasteiger partial charge < -0.3 is 28.6 Å². The van der Waals surface area contributed by atoms with Crippen LogP contribution in [0.3, 0.4) is 0 Å². The molecule has 0 aliphatic carbocycles. The Labute approximate surface area is 238 Å². The summed E-state index contributed by atoms with van der Waals surface area (Å²) < 4.78 is 45.0. The first-order chi connectivity index (χ1) is 19.6. The van der Waals surface area contributed by atoms with E-state index < -0.39 is 31.6 Å². The molecule has 2 atom stereocenters. The molecule has 0 spiro atoms. The van der Waals surface area contributed by atoms with Crippen LogP contribution in [0.2, 0.25) is 0 Å².